The lowest BCUT2D eigenvalue weighted by Crippen LogP contribution is -2.38. The summed E-state index contributed by atoms with van der Waals surface area (Å²) in [5.74, 6) is 0. The van der Waals surface area contributed by atoms with Gasteiger partial charge < -0.3 is 5.11 Å². The van der Waals surface area contributed by atoms with Crippen molar-refractivity contribution in [1.82, 2.24) is 0 Å². The second kappa shape index (κ2) is 5.92. The van der Waals surface area contributed by atoms with Crippen LogP contribution in [0, 0.1) is 0 Å². The first-order valence-corrected chi connectivity index (χ1v) is 8.44. The Bertz CT molecular complexity index is 686. The number of hydrogen-bond acceptors (Lipinski definition) is 1. The molecule has 4 heteroatoms. The van der Waals surface area contributed by atoms with Crippen LogP contribution in [0.3, 0.4) is 0 Å². The smallest absolute Gasteiger partial charge is 0.0731 e. The van der Waals surface area contributed by atoms with E-state index in [0.717, 1.165) is 22.9 Å². The lowest BCUT2D eigenvalue weighted by molar-refractivity contribution is 0.0267. The third-order valence-electron chi connectivity index (χ3n) is 4.06. The van der Waals surface area contributed by atoms with Crippen LogP contribution in [0.4, 0.5) is 0 Å². The van der Waals surface area contributed by atoms with Gasteiger partial charge in [-0.05, 0) is 53.8 Å². The molecule has 0 amide bonds. The maximum atomic E-state index is 10.9. The highest BCUT2D eigenvalue weighted by Crippen LogP contribution is 2.34. The van der Waals surface area contributed by atoms with Crippen LogP contribution < -0.4 is 0 Å². The van der Waals surface area contributed by atoms with Gasteiger partial charge in [0.25, 0.3) is 0 Å². The van der Waals surface area contributed by atoms with Gasteiger partial charge in [-0.1, -0.05) is 51.3 Å². The molecule has 0 spiro atoms. The molecule has 0 heterocycles. The summed E-state index contributed by atoms with van der Waals surface area (Å²) in [6.45, 7) is 0. The summed E-state index contributed by atoms with van der Waals surface area (Å²) in [7, 11) is 0. The molecule has 0 radical (unpaired) electrons. The molecule has 110 valence electrons. The Morgan fingerprint density at radius 3 is 2.62 bits per heavy atom. The standard InChI is InChI=1S/C17H15BrCl2O/c18-14-3-2-13-10-17(21,6-5-12(13)8-14)9-11-1-4-15(19)16(20)7-11/h1-4,7-8,21H,5-6,9-10H2. The second-order valence-corrected chi connectivity index (χ2v) is 7.47. The van der Waals surface area contributed by atoms with Gasteiger partial charge in [0.05, 0.1) is 15.6 Å². The van der Waals surface area contributed by atoms with Crippen molar-refractivity contribution in [3.63, 3.8) is 0 Å². The fourth-order valence-electron chi connectivity index (χ4n) is 2.99. The maximum Gasteiger partial charge on any atom is 0.0731 e. The van der Waals surface area contributed by atoms with Gasteiger partial charge in [0.15, 0.2) is 0 Å². The molecule has 1 aliphatic rings. The Balaban J connectivity index is 1.82. The molecule has 2 aromatic carbocycles. The van der Waals surface area contributed by atoms with E-state index in [1.54, 1.807) is 6.07 Å². The Hall–Kier alpha value is -0.540. The third kappa shape index (κ3) is 3.45. The van der Waals surface area contributed by atoms with Crippen LogP contribution in [0.15, 0.2) is 40.9 Å². The number of rotatable bonds is 2. The molecular formula is C17H15BrCl2O. The normalized spacial score (nSPS) is 21.1. The topological polar surface area (TPSA) is 20.2 Å². The van der Waals surface area contributed by atoms with Gasteiger partial charge in [-0.25, -0.2) is 0 Å². The van der Waals surface area contributed by atoms with Crippen molar-refractivity contribution in [3.8, 4) is 0 Å². The van der Waals surface area contributed by atoms with Crippen molar-refractivity contribution in [2.75, 3.05) is 0 Å². The molecule has 21 heavy (non-hydrogen) atoms. The highest BCUT2D eigenvalue weighted by atomic mass is 79.9. The first-order chi connectivity index (χ1) is 9.95. The third-order valence-corrected chi connectivity index (χ3v) is 5.30. The predicted octanol–water partition coefficient (Wildman–Crippen LogP) is 5.22. The van der Waals surface area contributed by atoms with Gasteiger partial charge >= 0.3 is 0 Å². The summed E-state index contributed by atoms with van der Waals surface area (Å²) in [4.78, 5) is 0. The minimum Gasteiger partial charge on any atom is -0.389 e. The summed E-state index contributed by atoms with van der Waals surface area (Å²) >= 11 is 15.5. The van der Waals surface area contributed by atoms with E-state index >= 15 is 0 Å². The molecule has 1 aliphatic carbocycles. The Morgan fingerprint density at radius 1 is 1.05 bits per heavy atom. The lowest BCUT2D eigenvalue weighted by Gasteiger charge is -2.34. The van der Waals surface area contributed by atoms with E-state index in [-0.39, 0.29) is 0 Å². The van der Waals surface area contributed by atoms with Crippen LogP contribution in [0.5, 0.6) is 0 Å². The van der Waals surface area contributed by atoms with E-state index in [4.69, 9.17) is 23.2 Å². The zero-order chi connectivity index (χ0) is 15.0. The van der Waals surface area contributed by atoms with Crippen LogP contribution in [-0.2, 0) is 19.3 Å². The van der Waals surface area contributed by atoms with E-state index in [1.807, 2.05) is 18.2 Å². The number of fused-ring (bicyclic) bond motifs is 1. The lowest BCUT2D eigenvalue weighted by atomic mass is 9.77. The van der Waals surface area contributed by atoms with Crippen molar-refractivity contribution in [2.24, 2.45) is 0 Å². The van der Waals surface area contributed by atoms with Gasteiger partial charge in [-0.3, -0.25) is 0 Å². The average molecular weight is 386 g/mol. The predicted molar refractivity (Wildman–Crippen MR) is 91.3 cm³/mol. The van der Waals surface area contributed by atoms with E-state index in [2.05, 4.69) is 28.1 Å². The second-order valence-electron chi connectivity index (χ2n) is 5.74. The molecule has 0 bridgehead atoms. The molecule has 0 aliphatic heterocycles. The fourth-order valence-corrected chi connectivity index (χ4v) is 3.72. The molecule has 0 aromatic heterocycles. The first kappa shape index (κ1) is 15.4. The van der Waals surface area contributed by atoms with Crippen molar-refractivity contribution in [2.45, 2.75) is 31.3 Å². The molecule has 0 fully saturated rings. The Labute approximate surface area is 143 Å². The SMILES string of the molecule is OC1(Cc2ccc(Cl)c(Cl)c2)CCc2cc(Br)ccc2C1. The van der Waals surface area contributed by atoms with Crippen molar-refractivity contribution < 1.29 is 5.11 Å². The van der Waals surface area contributed by atoms with Gasteiger partial charge in [0.1, 0.15) is 0 Å². The van der Waals surface area contributed by atoms with Gasteiger partial charge in [0, 0.05) is 17.3 Å². The van der Waals surface area contributed by atoms with Crippen LogP contribution >= 0.6 is 39.1 Å². The molecule has 1 unspecified atom stereocenters. The summed E-state index contributed by atoms with van der Waals surface area (Å²) < 4.78 is 1.09. The van der Waals surface area contributed by atoms with Crippen LogP contribution in [0.2, 0.25) is 10.0 Å². The number of aryl methyl sites for hydroxylation is 1. The highest BCUT2D eigenvalue weighted by Gasteiger charge is 2.32. The number of benzene rings is 2. The van der Waals surface area contributed by atoms with Crippen LogP contribution in [0.1, 0.15) is 23.1 Å². The Morgan fingerprint density at radius 2 is 1.86 bits per heavy atom. The van der Waals surface area contributed by atoms with Gasteiger partial charge in [-0.2, -0.15) is 0 Å². The molecule has 0 saturated heterocycles. The van der Waals surface area contributed by atoms with E-state index in [0.29, 0.717) is 22.9 Å². The summed E-state index contributed by atoms with van der Waals surface area (Å²) in [6, 6.07) is 11.8. The summed E-state index contributed by atoms with van der Waals surface area (Å²) in [6.07, 6.45) is 2.93. The van der Waals surface area contributed by atoms with E-state index in [1.165, 1.54) is 11.1 Å². The number of halogens is 3. The highest BCUT2D eigenvalue weighted by molar-refractivity contribution is 9.10. The van der Waals surface area contributed by atoms with Crippen LogP contribution in [0.25, 0.3) is 0 Å². The molecule has 1 N–H and O–H groups in total. The van der Waals surface area contributed by atoms with E-state index < -0.39 is 5.60 Å². The molecular weight excluding hydrogens is 371 g/mol. The Kier molecular flexibility index (Phi) is 4.33. The van der Waals surface area contributed by atoms with Crippen molar-refractivity contribution in [3.05, 3.63) is 67.6 Å². The molecule has 1 atom stereocenters. The average Bonchev–Trinajstić information content (AvgIpc) is 2.43. The largest absolute Gasteiger partial charge is 0.389 e. The summed E-state index contributed by atoms with van der Waals surface area (Å²) in [5.41, 5.74) is 2.86. The summed E-state index contributed by atoms with van der Waals surface area (Å²) in [5, 5.41) is 12.0. The number of aliphatic hydroxyl groups is 1. The van der Waals surface area contributed by atoms with Crippen molar-refractivity contribution in [1.29, 1.82) is 0 Å². The molecule has 0 saturated carbocycles. The molecule has 1 nitrogen and oxygen atoms in total. The van der Waals surface area contributed by atoms with Crippen LogP contribution in [-0.4, -0.2) is 10.7 Å². The zero-order valence-corrected chi connectivity index (χ0v) is 14.5. The zero-order valence-electron chi connectivity index (χ0n) is 11.4. The first-order valence-electron chi connectivity index (χ1n) is 6.89. The van der Waals surface area contributed by atoms with Gasteiger partial charge in [-0.15, -0.1) is 0 Å². The molecule has 3 rings (SSSR count). The minimum atomic E-state index is -0.710. The molecule has 2 aromatic rings. The number of hydrogen-bond donors (Lipinski definition) is 1. The monoisotopic (exact) mass is 384 g/mol. The fraction of sp³-hybridized carbons (Fsp3) is 0.294. The quantitative estimate of drug-likeness (QED) is 0.751. The minimum absolute atomic E-state index is 0.540. The van der Waals surface area contributed by atoms with Gasteiger partial charge in [0.2, 0.25) is 0 Å². The van der Waals surface area contributed by atoms with E-state index in [9.17, 15) is 5.11 Å². The maximum absolute atomic E-state index is 10.9. The van der Waals surface area contributed by atoms with Crippen molar-refractivity contribution >= 4 is 39.1 Å².